The molecule has 2 N–H and O–H groups in total. The van der Waals surface area contributed by atoms with Crippen molar-refractivity contribution in [2.75, 3.05) is 5.75 Å². The molecule has 4 heteroatoms. The zero-order valence-corrected chi connectivity index (χ0v) is 11.2. The molecular weight excluding hydrogens is 246 g/mol. The molecule has 1 heterocycles. The summed E-state index contributed by atoms with van der Waals surface area (Å²) in [5.41, 5.74) is 6.96. The molecule has 1 aromatic rings. The third kappa shape index (κ3) is 4.03. The van der Waals surface area contributed by atoms with Crippen LogP contribution in [0.25, 0.3) is 0 Å². The zero-order valence-electron chi connectivity index (χ0n) is 10.4. The number of carbonyl (C=O) groups is 1. The summed E-state index contributed by atoms with van der Waals surface area (Å²) in [4.78, 5) is 11.9. The van der Waals surface area contributed by atoms with Crippen molar-refractivity contribution in [1.29, 1.82) is 0 Å². The summed E-state index contributed by atoms with van der Waals surface area (Å²) in [7, 11) is 0. The van der Waals surface area contributed by atoms with Crippen molar-refractivity contribution in [1.82, 2.24) is 0 Å². The largest absolute Gasteiger partial charge is 0.450 e. The molecule has 0 bridgehead atoms. The lowest BCUT2D eigenvalue weighted by Crippen LogP contribution is -2.36. The third-order valence-corrected chi connectivity index (χ3v) is 4.21. The minimum Gasteiger partial charge on any atom is -0.450 e. The minimum absolute atomic E-state index is 0.00748. The summed E-state index contributed by atoms with van der Waals surface area (Å²) in [6, 6.07) is 9.24. The lowest BCUT2D eigenvalue weighted by Gasteiger charge is -2.23. The molecule has 1 aliphatic rings. The van der Waals surface area contributed by atoms with Gasteiger partial charge >= 0.3 is 5.97 Å². The summed E-state index contributed by atoms with van der Waals surface area (Å²) in [5.74, 6) is 0.796. The van der Waals surface area contributed by atoms with Crippen molar-refractivity contribution in [3.8, 4) is 0 Å². The molecule has 0 amide bonds. The van der Waals surface area contributed by atoms with E-state index in [1.807, 2.05) is 30.3 Å². The van der Waals surface area contributed by atoms with Crippen LogP contribution in [-0.2, 0) is 16.0 Å². The quantitative estimate of drug-likeness (QED) is 0.849. The van der Waals surface area contributed by atoms with Gasteiger partial charge in [0, 0.05) is 0 Å². The number of carbonyl (C=O) groups excluding carboxylic acids is 1. The molecule has 0 aromatic heterocycles. The fraction of sp³-hybridized carbons (Fsp3) is 0.500. The summed E-state index contributed by atoms with van der Waals surface area (Å²) < 4.78 is 5.42. The highest BCUT2D eigenvalue weighted by Crippen LogP contribution is 2.26. The standard InChI is InChI=1S/C14H19NO2S/c15-12(10-11-6-2-1-3-7-11)14(16)17-13-8-4-5-9-18-13/h1-3,6-7,12-13H,4-5,8-10,15H2/t12-,13?/m0/s1. The van der Waals surface area contributed by atoms with E-state index in [1.54, 1.807) is 11.8 Å². The predicted octanol–water partition coefficient (Wildman–Crippen LogP) is 2.34. The van der Waals surface area contributed by atoms with E-state index in [2.05, 4.69) is 0 Å². The van der Waals surface area contributed by atoms with E-state index in [0.717, 1.165) is 24.2 Å². The molecule has 0 aliphatic carbocycles. The van der Waals surface area contributed by atoms with E-state index < -0.39 is 6.04 Å². The van der Waals surface area contributed by atoms with Crippen LogP contribution in [0.5, 0.6) is 0 Å². The maximum absolute atomic E-state index is 11.9. The maximum atomic E-state index is 11.9. The van der Waals surface area contributed by atoms with Crippen LogP contribution < -0.4 is 5.73 Å². The Bertz CT molecular complexity index is 377. The second kappa shape index (κ2) is 6.81. The number of rotatable bonds is 4. The second-order valence-corrected chi connectivity index (χ2v) is 5.80. The van der Waals surface area contributed by atoms with Crippen LogP contribution in [0.4, 0.5) is 0 Å². The Morgan fingerprint density at radius 2 is 2.17 bits per heavy atom. The van der Waals surface area contributed by atoms with Crippen molar-refractivity contribution >= 4 is 17.7 Å². The Morgan fingerprint density at radius 1 is 1.39 bits per heavy atom. The number of hydrogen-bond donors (Lipinski definition) is 1. The van der Waals surface area contributed by atoms with Crippen LogP contribution in [0.2, 0.25) is 0 Å². The topological polar surface area (TPSA) is 52.3 Å². The molecule has 1 fully saturated rings. The number of hydrogen-bond acceptors (Lipinski definition) is 4. The highest BCUT2D eigenvalue weighted by Gasteiger charge is 2.22. The number of ether oxygens (including phenoxy) is 1. The minimum atomic E-state index is -0.560. The fourth-order valence-electron chi connectivity index (χ4n) is 1.97. The third-order valence-electron chi connectivity index (χ3n) is 2.99. The first kappa shape index (κ1) is 13.4. The monoisotopic (exact) mass is 265 g/mol. The molecule has 18 heavy (non-hydrogen) atoms. The molecule has 3 nitrogen and oxygen atoms in total. The van der Waals surface area contributed by atoms with Gasteiger partial charge in [-0.1, -0.05) is 30.3 Å². The molecule has 1 aliphatic heterocycles. The number of thioether (sulfide) groups is 1. The summed E-state index contributed by atoms with van der Waals surface area (Å²) in [5, 5.41) is 0. The normalized spacial score (nSPS) is 21.3. The van der Waals surface area contributed by atoms with Crippen LogP contribution >= 0.6 is 11.8 Å². The molecule has 1 aromatic carbocycles. The van der Waals surface area contributed by atoms with Crippen LogP contribution in [0, 0.1) is 0 Å². The van der Waals surface area contributed by atoms with E-state index in [4.69, 9.17) is 10.5 Å². The van der Waals surface area contributed by atoms with Gasteiger partial charge in [0.05, 0.1) is 0 Å². The number of nitrogens with two attached hydrogens (primary N) is 1. The summed E-state index contributed by atoms with van der Waals surface area (Å²) in [6.07, 6.45) is 3.85. The van der Waals surface area contributed by atoms with E-state index in [1.165, 1.54) is 6.42 Å². The van der Waals surface area contributed by atoms with E-state index in [-0.39, 0.29) is 11.4 Å². The van der Waals surface area contributed by atoms with Crippen LogP contribution in [-0.4, -0.2) is 23.2 Å². The first-order chi connectivity index (χ1) is 8.75. The Hall–Kier alpha value is -1.00. The van der Waals surface area contributed by atoms with Crippen molar-refractivity contribution < 1.29 is 9.53 Å². The Labute approximate surface area is 112 Å². The molecule has 0 radical (unpaired) electrons. The van der Waals surface area contributed by atoms with Gasteiger partial charge in [-0.05, 0) is 37.0 Å². The zero-order chi connectivity index (χ0) is 12.8. The lowest BCUT2D eigenvalue weighted by atomic mass is 10.1. The summed E-state index contributed by atoms with van der Waals surface area (Å²) in [6.45, 7) is 0. The van der Waals surface area contributed by atoms with Crippen molar-refractivity contribution in [3.63, 3.8) is 0 Å². The average Bonchev–Trinajstić information content (AvgIpc) is 2.41. The van der Waals surface area contributed by atoms with Crippen LogP contribution in [0.15, 0.2) is 30.3 Å². The van der Waals surface area contributed by atoms with Gasteiger partial charge in [-0.2, -0.15) is 0 Å². The van der Waals surface area contributed by atoms with Gasteiger partial charge in [0.1, 0.15) is 11.5 Å². The van der Waals surface area contributed by atoms with Crippen molar-refractivity contribution in [3.05, 3.63) is 35.9 Å². The Kier molecular flexibility index (Phi) is 5.08. The van der Waals surface area contributed by atoms with Crippen molar-refractivity contribution in [2.24, 2.45) is 5.73 Å². The predicted molar refractivity (Wildman–Crippen MR) is 74.3 cm³/mol. The smallest absolute Gasteiger partial charge is 0.324 e. The summed E-state index contributed by atoms with van der Waals surface area (Å²) >= 11 is 1.72. The Balaban J connectivity index is 1.81. The number of esters is 1. The van der Waals surface area contributed by atoms with Gasteiger partial charge in [0.25, 0.3) is 0 Å². The van der Waals surface area contributed by atoms with Gasteiger partial charge in [-0.15, -0.1) is 11.8 Å². The molecule has 2 atom stereocenters. The molecule has 2 rings (SSSR count). The molecule has 1 unspecified atom stereocenters. The number of benzene rings is 1. The highest BCUT2D eigenvalue weighted by atomic mass is 32.2. The fourth-order valence-corrected chi connectivity index (χ4v) is 3.10. The second-order valence-electron chi connectivity index (χ2n) is 4.53. The SMILES string of the molecule is N[C@@H](Cc1ccccc1)C(=O)OC1CCCCS1. The van der Waals surface area contributed by atoms with Crippen LogP contribution in [0.1, 0.15) is 24.8 Å². The molecule has 1 saturated heterocycles. The molecule has 98 valence electrons. The first-order valence-corrected chi connectivity index (χ1v) is 7.42. The van der Waals surface area contributed by atoms with Gasteiger partial charge in [-0.25, -0.2) is 0 Å². The van der Waals surface area contributed by atoms with Gasteiger partial charge in [0.2, 0.25) is 0 Å². The Morgan fingerprint density at radius 3 is 2.83 bits per heavy atom. The van der Waals surface area contributed by atoms with Gasteiger partial charge in [0.15, 0.2) is 0 Å². The van der Waals surface area contributed by atoms with Gasteiger partial charge < -0.3 is 10.5 Å². The molecular formula is C14H19NO2S. The van der Waals surface area contributed by atoms with Crippen LogP contribution in [0.3, 0.4) is 0 Å². The average molecular weight is 265 g/mol. The maximum Gasteiger partial charge on any atom is 0.324 e. The molecule has 0 spiro atoms. The highest BCUT2D eigenvalue weighted by molar-refractivity contribution is 7.99. The van der Waals surface area contributed by atoms with E-state index in [0.29, 0.717) is 6.42 Å². The van der Waals surface area contributed by atoms with Crippen molar-refractivity contribution in [2.45, 2.75) is 37.2 Å². The van der Waals surface area contributed by atoms with E-state index >= 15 is 0 Å². The lowest BCUT2D eigenvalue weighted by molar-refractivity contribution is -0.147. The molecule has 0 saturated carbocycles. The first-order valence-electron chi connectivity index (χ1n) is 6.37. The van der Waals surface area contributed by atoms with Gasteiger partial charge in [-0.3, -0.25) is 4.79 Å². The van der Waals surface area contributed by atoms with E-state index in [9.17, 15) is 4.79 Å².